The number of hydrogen-bond donors (Lipinski definition) is 1. The van der Waals surface area contributed by atoms with Gasteiger partial charge in [0.05, 0.1) is 5.54 Å². The molecular formula is C16H22F3NO. The molecule has 2 rings (SSSR count). The van der Waals surface area contributed by atoms with E-state index in [1.807, 2.05) is 13.8 Å². The first-order valence-electron chi connectivity index (χ1n) is 7.54. The second-order valence-electron chi connectivity index (χ2n) is 5.67. The van der Waals surface area contributed by atoms with Gasteiger partial charge in [-0.2, -0.15) is 0 Å². The molecule has 21 heavy (non-hydrogen) atoms. The van der Waals surface area contributed by atoms with Gasteiger partial charge in [0.1, 0.15) is 6.10 Å². The molecule has 0 saturated carbocycles. The van der Waals surface area contributed by atoms with Crippen LogP contribution in [0.5, 0.6) is 0 Å². The predicted molar refractivity (Wildman–Crippen MR) is 75.4 cm³/mol. The minimum Gasteiger partial charge on any atom is -0.386 e. The minimum absolute atomic E-state index is 0.163. The molecule has 1 unspecified atom stereocenters. The Morgan fingerprint density at radius 2 is 1.67 bits per heavy atom. The fraction of sp³-hybridized carbons (Fsp3) is 0.625. The molecule has 0 amide bonds. The average molecular weight is 301 g/mol. The van der Waals surface area contributed by atoms with E-state index in [9.17, 15) is 18.3 Å². The zero-order chi connectivity index (χ0) is 15.6. The summed E-state index contributed by atoms with van der Waals surface area (Å²) in [5, 5.41) is 10.7. The highest BCUT2D eigenvalue weighted by Gasteiger charge is 2.43. The molecule has 1 heterocycles. The molecule has 0 aromatic heterocycles. The minimum atomic E-state index is -1.52. The van der Waals surface area contributed by atoms with Crippen LogP contribution in [0.15, 0.2) is 12.1 Å². The molecule has 1 aliphatic rings. The number of rotatable bonds is 5. The summed E-state index contributed by atoms with van der Waals surface area (Å²) in [6.07, 6.45) is 2.12. The van der Waals surface area contributed by atoms with E-state index in [0.29, 0.717) is 12.8 Å². The predicted octanol–water partition coefficient (Wildman–Crippen LogP) is 3.79. The van der Waals surface area contributed by atoms with Crippen LogP contribution in [0.3, 0.4) is 0 Å². The van der Waals surface area contributed by atoms with Gasteiger partial charge in [-0.25, -0.2) is 13.2 Å². The lowest BCUT2D eigenvalue weighted by Gasteiger charge is -2.44. The van der Waals surface area contributed by atoms with Gasteiger partial charge in [0, 0.05) is 5.56 Å². The Morgan fingerprint density at radius 1 is 1.10 bits per heavy atom. The van der Waals surface area contributed by atoms with Gasteiger partial charge in [0.15, 0.2) is 17.5 Å². The van der Waals surface area contributed by atoms with E-state index in [2.05, 4.69) is 4.90 Å². The summed E-state index contributed by atoms with van der Waals surface area (Å²) in [5.41, 5.74) is -0.800. The fourth-order valence-electron chi connectivity index (χ4n) is 3.46. The third kappa shape index (κ3) is 2.69. The molecule has 1 aliphatic heterocycles. The molecule has 1 atom stereocenters. The van der Waals surface area contributed by atoms with Crippen LogP contribution in [0.4, 0.5) is 13.2 Å². The quantitative estimate of drug-likeness (QED) is 0.836. The van der Waals surface area contributed by atoms with E-state index in [4.69, 9.17) is 0 Å². The van der Waals surface area contributed by atoms with Crippen LogP contribution >= 0.6 is 0 Å². The summed E-state index contributed by atoms with van der Waals surface area (Å²) >= 11 is 0. The molecule has 0 bridgehead atoms. The van der Waals surface area contributed by atoms with Crippen molar-refractivity contribution >= 4 is 0 Å². The van der Waals surface area contributed by atoms with Crippen LogP contribution in [-0.4, -0.2) is 28.6 Å². The molecule has 1 aromatic rings. The Balaban J connectivity index is 2.43. The van der Waals surface area contributed by atoms with Crippen molar-refractivity contribution in [1.82, 2.24) is 4.90 Å². The van der Waals surface area contributed by atoms with E-state index >= 15 is 0 Å². The Labute approximate surface area is 123 Å². The highest BCUT2D eigenvalue weighted by atomic mass is 19.2. The molecule has 118 valence electrons. The number of aliphatic hydroxyl groups excluding tert-OH is 1. The molecule has 1 fully saturated rings. The van der Waals surface area contributed by atoms with Gasteiger partial charge < -0.3 is 5.11 Å². The third-order valence-corrected chi connectivity index (χ3v) is 4.83. The molecule has 2 nitrogen and oxygen atoms in total. The highest BCUT2D eigenvalue weighted by molar-refractivity contribution is 5.26. The highest BCUT2D eigenvalue weighted by Crippen LogP contribution is 2.40. The number of nitrogens with zero attached hydrogens (tertiary/aromatic N) is 1. The van der Waals surface area contributed by atoms with Crippen molar-refractivity contribution in [3.8, 4) is 0 Å². The van der Waals surface area contributed by atoms with Gasteiger partial charge in [-0.05, 0) is 44.8 Å². The van der Waals surface area contributed by atoms with Crippen LogP contribution in [0.2, 0.25) is 0 Å². The van der Waals surface area contributed by atoms with Crippen molar-refractivity contribution in [1.29, 1.82) is 0 Å². The molecular weight excluding hydrogens is 279 g/mol. The van der Waals surface area contributed by atoms with Gasteiger partial charge in [0.2, 0.25) is 0 Å². The normalized spacial score (nSPS) is 18.2. The maximum absolute atomic E-state index is 14.0. The first-order valence-corrected chi connectivity index (χ1v) is 7.54. The van der Waals surface area contributed by atoms with E-state index in [-0.39, 0.29) is 5.56 Å². The van der Waals surface area contributed by atoms with E-state index in [0.717, 1.165) is 38.1 Å². The van der Waals surface area contributed by atoms with Crippen LogP contribution in [0.25, 0.3) is 0 Å². The summed E-state index contributed by atoms with van der Waals surface area (Å²) in [4.78, 5) is 2.15. The van der Waals surface area contributed by atoms with Crippen molar-refractivity contribution in [3.05, 3.63) is 35.1 Å². The van der Waals surface area contributed by atoms with E-state index in [1.54, 1.807) is 0 Å². The average Bonchev–Trinajstić information content (AvgIpc) is 3.01. The van der Waals surface area contributed by atoms with Crippen LogP contribution in [0, 0.1) is 17.5 Å². The second kappa shape index (κ2) is 6.36. The number of aliphatic hydroxyl groups is 1. The molecule has 0 radical (unpaired) electrons. The van der Waals surface area contributed by atoms with Crippen molar-refractivity contribution in [3.63, 3.8) is 0 Å². The number of halogens is 3. The van der Waals surface area contributed by atoms with Gasteiger partial charge in [-0.3, -0.25) is 4.90 Å². The molecule has 0 spiro atoms. The fourth-order valence-corrected chi connectivity index (χ4v) is 3.46. The van der Waals surface area contributed by atoms with Gasteiger partial charge in [0.25, 0.3) is 0 Å². The summed E-state index contributed by atoms with van der Waals surface area (Å²) in [7, 11) is 0. The van der Waals surface area contributed by atoms with Crippen molar-refractivity contribution in [2.45, 2.75) is 51.2 Å². The van der Waals surface area contributed by atoms with Crippen molar-refractivity contribution < 1.29 is 18.3 Å². The maximum Gasteiger partial charge on any atom is 0.194 e. The first kappa shape index (κ1) is 16.3. The Morgan fingerprint density at radius 3 is 2.19 bits per heavy atom. The van der Waals surface area contributed by atoms with Crippen molar-refractivity contribution in [2.75, 3.05) is 13.1 Å². The lowest BCUT2D eigenvalue weighted by Crippen LogP contribution is -2.51. The molecule has 1 saturated heterocycles. The third-order valence-electron chi connectivity index (χ3n) is 4.83. The summed E-state index contributed by atoms with van der Waals surface area (Å²) in [6, 6.07) is 2.02. The largest absolute Gasteiger partial charge is 0.386 e. The number of likely N-dealkylation sites (tertiary alicyclic amines) is 1. The molecule has 1 N–H and O–H groups in total. The monoisotopic (exact) mass is 301 g/mol. The van der Waals surface area contributed by atoms with Crippen LogP contribution in [-0.2, 0) is 0 Å². The van der Waals surface area contributed by atoms with E-state index < -0.39 is 29.1 Å². The van der Waals surface area contributed by atoms with Crippen LogP contribution in [0.1, 0.15) is 51.2 Å². The smallest absolute Gasteiger partial charge is 0.194 e. The molecule has 0 aliphatic carbocycles. The van der Waals surface area contributed by atoms with Crippen LogP contribution < -0.4 is 0 Å². The first-order chi connectivity index (χ1) is 9.97. The summed E-state index contributed by atoms with van der Waals surface area (Å²) in [5.74, 6) is -4.04. The Kier molecular flexibility index (Phi) is 4.94. The number of hydrogen-bond acceptors (Lipinski definition) is 2. The summed E-state index contributed by atoms with van der Waals surface area (Å²) < 4.78 is 40.5. The zero-order valence-electron chi connectivity index (χ0n) is 12.5. The lowest BCUT2D eigenvalue weighted by molar-refractivity contribution is -0.0315. The topological polar surface area (TPSA) is 23.5 Å². The Bertz CT molecular complexity index is 497. The maximum atomic E-state index is 14.0. The lowest BCUT2D eigenvalue weighted by atomic mass is 9.81. The summed E-state index contributed by atoms with van der Waals surface area (Å²) in [6.45, 7) is 5.54. The molecule has 5 heteroatoms. The Hall–Kier alpha value is -1.07. The van der Waals surface area contributed by atoms with E-state index in [1.165, 1.54) is 0 Å². The zero-order valence-corrected chi connectivity index (χ0v) is 12.5. The molecule has 1 aromatic carbocycles. The standard InChI is InChI=1S/C16H22F3NO/c1-3-16(4-2,20-9-5-6-10-20)15(21)11-7-8-12(17)14(19)13(11)18/h7-8,15,21H,3-6,9-10H2,1-2H3. The van der Waals surface area contributed by atoms with Gasteiger partial charge in [-0.15, -0.1) is 0 Å². The SMILES string of the molecule is CCC(CC)(C(O)c1ccc(F)c(F)c1F)N1CCCC1. The van der Waals surface area contributed by atoms with Crippen molar-refractivity contribution in [2.24, 2.45) is 0 Å². The number of benzene rings is 1. The van der Waals surface area contributed by atoms with Gasteiger partial charge in [-0.1, -0.05) is 19.9 Å². The second-order valence-corrected chi connectivity index (χ2v) is 5.67. The van der Waals surface area contributed by atoms with Gasteiger partial charge >= 0.3 is 0 Å².